The second-order valence-electron chi connectivity index (χ2n) is 5.66. The van der Waals surface area contributed by atoms with Crippen molar-refractivity contribution in [1.29, 1.82) is 0 Å². The third-order valence-electron chi connectivity index (χ3n) is 4.00. The van der Waals surface area contributed by atoms with Gasteiger partial charge in [-0.3, -0.25) is 0 Å². The Morgan fingerprint density at radius 1 is 0.161 bits per heavy atom. The molecular formula is C31H78. The smallest absolute Gasteiger partial charge is 0.0533 e. The summed E-state index contributed by atoms with van der Waals surface area (Å²) in [7, 11) is 0. The highest BCUT2D eigenvalue weighted by atomic mass is 14.0. The molecule has 0 saturated heterocycles. The summed E-state index contributed by atoms with van der Waals surface area (Å²) in [5.41, 5.74) is 0. The van der Waals surface area contributed by atoms with Crippen molar-refractivity contribution in [3.63, 3.8) is 0 Å². The highest BCUT2D eigenvalue weighted by Gasteiger charge is 1.96. The van der Waals surface area contributed by atoms with Gasteiger partial charge in [-0.25, -0.2) is 0 Å². The van der Waals surface area contributed by atoms with Crippen LogP contribution in [0.25, 0.3) is 0 Å². The van der Waals surface area contributed by atoms with Crippen LogP contribution in [0.2, 0.25) is 0 Å². The minimum absolute atomic E-state index is 0. The number of rotatable bonds is 0. The quantitative estimate of drug-likeness (QED) is 0.344. The maximum absolute atomic E-state index is 2.00. The van der Waals surface area contributed by atoms with Crippen molar-refractivity contribution < 1.29 is 0 Å². The predicted molar refractivity (Wildman–Crippen MR) is 160 cm³/mol. The summed E-state index contributed by atoms with van der Waals surface area (Å²) < 4.78 is 0. The summed E-state index contributed by atoms with van der Waals surface area (Å²) in [6, 6.07) is 0. The first kappa shape index (κ1) is 52.7. The molecule has 0 unspecified atom stereocenters. The van der Waals surface area contributed by atoms with Crippen LogP contribution in [0.4, 0.5) is 0 Å². The molecular weight excluding hydrogens is 372 g/mol. The van der Waals surface area contributed by atoms with Crippen LogP contribution >= 0.6 is 0 Å². The molecule has 4 aliphatic rings. The number of hydrogen-bond donors (Lipinski definition) is 0. The molecule has 0 aromatic carbocycles. The van der Waals surface area contributed by atoms with Crippen LogP contribution in [-0.4, -0.2) is 0 Å². The first-order valence-corrected chi connectivity index (χ1v) is 15.0. The lowest BCUT2D eigenvalue weighted by Gasteiger charge is -2.05. The molecule has 0 radical (unpaired) electrons. The predicted octanol–water partition coefficient (Wildman–Crippen LogP) is 14.1. The van der Waals surface area contributed by atoms with Gasteiger partial charge in [0.25, 0.3) is 0 Å². The van der Waals surface area contributed by atoms with E-state index in [0.29, 0.717) is 0 Å². The van der Waals surface area contributed by atoms with Crippen LogP contribution in [0.15, 0.2) is 0 Å². The molecule has 31 heavy (non-hydrogen) atoms. The van der Waals surface area contributed by atoms with Gasteiger partial charge in [0, 0.05) is 0 Å². The van der Waals surface area contributed by atoms with Crippen molar-refractivity contribution in [2.24, 2.45) is 0 Å². The monoisotopic (exact) mass is 451 g/mol. The molecule has 202 valence electrons. The summed E-state index contributed by atoms with van der Waals surface area (Å²) >= 11 is 0. The molecule has 4 rings (SSSR count). The Morgan fingerprint density at radius 2 is 0.194 bits per heavy atom. The zero-order valence-electron chi connectivity index (χ0n) is 25.3. The van der Waals surface area contributed by atoms with E-state index in [1.54, 1.807) is 0 Å². The van der Waals surface area contributed by atoms with Crippen molar-refractivity contribution in [3.05, 3.63) is 0 Å². The standard InChI is InChI=1S/4C4H8.7C2H6.CH4/c4*1-2-4-3-1;7*1-2;/h4*1-4H2;7*1-2H3;1H4. The molecule has 4 aliphatic carbocycles. The fraction of sp³-hybridized carbons (Fsp3) is 1.00. The molecule has 0 aromatic heterocycles. The molecule has 0 spiro atoms. The van der Waals surface area contributed by atoms with Gasteiger partial charge in [0.05, 0.1) is 0 Å². The molecule has 4 saturated carbocycles. The van der Waals surface area contributed by atoms with Gasteiger partial charge in [-0.15, -0.1) is 0 Å². The van der Waals surface area contributed by atoms with Crippen LogP contribution in [0.1, 0.15) is 207 Å². The van der Waals surface area contributed by atoms with Gasteiger partial charge in [0.1, 0.15) is 0 Å². The fourth-order valence-corrected chi connectivity index (χ4v) is 1.000. The van der Waals surface area contributed by atoms with Crippen LogP contribution in [-0.2, 0) is 0 Å². The third-order valence-corrected chi connectivity index (χ3v) is 4.00. The van der Waals surface area contributed by atoms with Crippen molar-refractivity contribution >= 4 is 0 Å². The highest BCUT2D eigenvalue weighted by molar-refractivity contribution is 4.52. The molecule has 0 aliphatic heterocycles. The van der Waals surface area contributed by atoms with Gasteiger partial charge in [0.2, 0.25) is 0 Å². The van der Waals surface area contributed by atoms with E-state index in [-0.39, 0.29) is 7.43 Å². The minimum atomic E-state index is 0. The zero-order chi connectivity index (χ0) is 25.3. The Hall–Kier alpha value is 0. The van der Waals surface area contributed by atoms with E-state index in [1.807, 2.05) is 96.9 Å². The van der Waals surface area contributed by atoms with Gasteiger partial charge in [-0.1, -0.05) is 207 Å². The molecule has 0 bridgehead atoms. The van der Waals surface area contributed by atoms with E-state index >= 15 is 0 Å². The molecule has 0 nitrogen and oxygen atoms in total. The SMILES string of the molecule is C.C1CCC1.C1CCC1.C1CCC1.C1CCC1.CC.CC.CC.CC.CC.CC.CC. The van der Waals surface area contributed by atoms with Crippen molar-refractivity contribution in [1.82, 2.24) is 0 Å². The fourth-order valence-electron chi connectivity index (χ4n) is 1.000. The minimum Gasteiger partial charge on any atom is -0.0776 e. The summed E-state index contributed by atoms with van der Waals surface area (Å²) in [5, 5.41) is 0. The van der Waals surface area contributed by atoms with E-state index in [1.165, 1.54) is 103 Å². The van der Waals surface area contributed by atoms with Gasteiger partial charge in [-0.05, 0) is 0 Å². The summed E-state index contributed by atoms with van der Waals surface area (Å²) in [6.45, 7) is 28.0. The maximum atomic E-state index is 2.00. The zero-order valence-corrected chi connectivity index (χ0v) is 25.3. The van der Waals surface area contributed by atoms with Crippen LogP contribution < -0.4 is 0 Å². The highest BCUT2D eigenvalue weighted by Crippen LogP contribution is 2.16. The van der Waals surface area contributed by atoms with E-state index in [0.717, 1.165) is 0 Å². The normalized spacial score (nSPS) is 13.7. The second-order valence-corrected chi connectivity index (χ2v) is 5.66. The van der Waals surface area contributed by atoms with Crippen molar-refractivity contribution in [2.45, 2.75) is 207 Å². The molecule has 0 N–H and O–H groups in total. The van der Waals surface area contributed by atoms with E-state index < -0.39 is 0 Å². The summed E-state index contributed by atoms with van der Waals surface area (Å²) in [4.78, 5) is 0. The summed E-state index contributed by atoms with van der Waals surface area (Å²) in [5.74, 6) is 0. The Morgan fingerprint density at radius 3 is 0.194 bits per heavy atom. The van der Waals surface area contributed by atoms with E-state index in [4.69, 9.17) is 0 Å². The molecule has 0 aromatic rings. The first-order chi connectivity index (χ1) is 15.0. The van der Waals surface area contributed by atoms with Crippen LogP contribution in [0.5, 0.6) is 0 Å². The second kappa shape index (κ2) is 98.6. The number of hydrogen-bond acceptors (Lipinski definition) is 0. The topological polar surface area (TPSA) is 0 Å². The lowest BCUT2D eigenvalue weighted by Crippen LogP contribution is -1.85. The Labute approximate surface area is 207 Å². The summed E-state index contributed by atoms with van der Waals surface area (Å²) in [6.07, 6.45) is 24.0. The first-order valence-electron chi connectivity index (χ1n) is 15.0. The van der Waals surface area contributed by atoms with Gasteiger partial charge >= 0.3 is 0 Å². The lowest BCUT2D eigenvalue weighted by atomic mass is 10.0. The average Bonchev–Trinajstić information content (AvgIpc) is 2.67. The maximum Gasteiger partial charge on any atom is -0.0533 e. The average molecular weight is 451 g/mol. The largest absolute Gasteiger partial charge is 0.0776 e. The van der Waals surface area contributed by atoms with E-state index in [9.17, 15) is 0 Å². The van der Waals surface area contributed by atoms with Crippen molar-refractivity contribution in [2.75, 3.05) is 0 Å². The van der Waals surface area contributed by atoms with E-state index in [2.05, 4.69) is 0 Å². The van der Waals surface area contributed by atoms with Crippen molar-refractivity contribution in [3.8, 4) is 0 Å². The third kappa shape index (κ3) is 91.9. The van der Waals surface area contributed by atoms with Gasteiger partial charge < -0.3 is 0 Å². The Bertz CT molecular complexity index is 64.0. The molecule has 0 atom stereocenters. The molecule has 0 amide bonds. The molecule has 0 heteroatoms. The Balaban J connectivity index is -0.0000000320. The van der Waals surface area contributed by atoms with Gasteiger partial charge in [0.15, 0.2) is 0 Å². The van der Waals surface area contributed by atoms with Crippen LogP contribution in [0.3, 0.4) is 0 Å². The lowest BCUT2D eigenvalue weighted by molar-refractivity contribution is 0.504. The molecule has 4 fully saturated rings. The van der Waals surface area contributed by atoms with Crippen LogP contribution in [0, 0.1) is 0 Å². The Kier molecular flexibility index (Phi) is 168. The van der Waals surface area contributed by atoms with Gasteiger partial charge in [-0.2, -0.15) is 0 Å². The molecule has 0 heterocycles.